The van der Waals surface area contributed by atoms with Crippen LogP contribution in [0.25, 0.3) is 0 Å². The fourth-order valence-electron chi connectivity index (χ4n) is 2.07. The van der Waals surface area contributed by atoms with Crippen LogP contribution in [0.3, 0.4) is 0 Å². The number of nitrogens with zero attached hydrogens (tertiary/aromatic N) is 1. The molecule has 1 fully saturated rings. The van der Waals surface area contributed by atoms with Crippen LogP contribution in [0.1, 0.15) is 18.2 Å². The number of carbonyl (C=O) groups is 1. The molecule has 5 heteroatoms. The van der Waals surface area contributed by atoms with Crippen LogP contribution in [0.15, 0.2) is 15.9 Å². The molecule has 1 amide bonds. The maximum atomic E-state index is 12.1. The number of carbonyl (C=O) groups excluding carboxylic acids is 1. The first kappa shape index (κ1) is 13.1. The van der Waals surface area contributed by atoms with Gasteiger partial charge in [0.15, 0.2) is 0 Å². The van der Waals surface area contributed by atoms with Crippen molar-refractivity contribution in [3.63, 3.8) is 0 Å². The molecule has 1 unspecified atom stereocenters. The number of amides is 1. The van der Waals surface area contributed by atoms with Crippen molar-refractivity contribution in [1.29, 1.82) is 0 Å². The molecule has 1 aromatic heterocycles. The van der Waals surface area contributed by atoms with Crippen LogP contribution in [-0.4, -0.2) is 36.5 Å². The van der Waals surface area contributed by atoms with Gasteiger partial charge in [0.1, 0.15) is 0 Å². The highest BCUT2D eigenvalue weighted by molar-refractivity contribution is 9.11. The monoisotopic (exact) mass is 316 g/mol. The predicted molar refractivity (Wildman–Crippen MR) is 74.4 cm³/mol. The molecule has 94 valence electrons. The molecule has 1 aliphatic heterocycles. The first-order valence-corrected chi connectivity index (χ1v) is 7.52. The Labute approximate surface area is 114 Å². The third-order valence-corrected chi connectivity index (χ3v) is 4.72. The molecular formula is C12H17BrN2OS. The Balaban J connectivity index is 1.84. The number of halogens is 1. The van der Waals surface area contributed by atoms with Gasteiger partial charge in [-0.05, 0) is 41.4 Å². The second-order valence-corrected chi connectivity index (χ2v) is 6.89. The zero-order valence-corrected chi connectivity index (χ0v) is 12.3. The Morgan fingerprint density at radius 3 is 3.12 bits per heavy atom. The van der Waals surface area contributed by atoms with Crippen molar-refractivity contribution in [2.45, 2.75) is 25.8 Å². The van der Waals surface area contributed by atoms with Crippen LogP contribution in [-0.2, 0) is 11.2 Å². The Hall–Kier alpha value is -0.390. The number of rotatable bonds is 3. The van der Waals surface area contributed by atoms with Gasteiger partial charge < -0.3 is 10.2 Å². The molecule has 0 aliphatic carbocycles. The minimum atomic E-state index is 0.281. The van der Waals surface area contributed by atoms with Gasteiger partial charge in [0, 0.05) is 37.0 Å². The maximum Gasteiger partial charge on any atom is 0.223 e. The number of aryl methyl sites for hydroxylation is 1. The van der Waals surface area contributed by atoms with Crippen LogP contribution >= 0.6 is 27.3 Å². The van der Waals surface area contributed by atoms with E-state index in [9.17, 15) is 4.79 Å². The van der Waals surface area contributed by atoms with Gasteiger partial charge in [-0.2, -0.15) is 0 Å². The molecule has 0 radical (unpaired) electrons. The quantitative estimate of drug-likeness (QED) is 0.927. The van der Waals surface area contributed by atoms with Gasteiger partial charge >= 0.3 is 0 Å². The molecule has 0 aromatic carbocycles. The molecule has 0 spiro atoms. The summed E-state index contributed by atoms with van der Waals surface area (Å²) in [5.41, 5.74) is 0. The summed E-state index contributed by atoms with van der Waals surface area (Å²) in [4.78, 5) is 15.4. The van der Waals surface area contributed by atoms with E-state index in [0.717, 1.165) is 29.8 Å². The fraction of sp³-hybridized carbons (Fsp3) is 0.583. The Morgan fingerprint density at radius 1 is 1.65 bits per heavy atom. The standard InChI is InChI=1S/C12H17BrN2OS/c1-9-8-14-6-7-15(9)12(16)5-3-10-2-4-11(13)17-10/h2,4,9,14H,3,5-8H2,1H3. The molecule has 17 heavy (non-hydrogen) atoms. The smallest absolute Gasteiger partial charge is 0.223 e. The summed E-state index contributed by atoms with van der Waals surface area (Å²) >= 11 is 5.15. The lowest BCUT2D eigenvalue weighted by molar-refractivity contribution is -0.133. The van der Waals surface area contributed by atoms with Gasteiger partial charge in [0.25, 0.3) is 0 Å². The van der Waals surface area contributed by atoms with Crippen molar-refractivity contribution in [3.8, 4) is 0 Å². The lowest BCUT2D eigenvalue weighted by Gasteiger charge is -2.34. The first-order chi connectivity index (χ1) is 8.16. The Bertz CT molecular complexity index is 394. The van der Waals surface area contributed by atoms with Crippen LogP contribution in [0.5, 0.6) is 0 Å². The van der Waals surface area contributed by atoms with Gasteiger partial charge in [0.05, 0.1) is 3.79 Å². The van der Waals surface area contributed by atoms with E-state index in [1.807, 2.05) is 11.0 Å². The van der Waals surface area contributed by atoms with Gasteiger partial charge in [-0.3, -0.25) is 4.79 Å². The van der Waals surface area contributed by atoms with E-state index in [4.69, 9.17) is 0 Å². The van der Waals surface area contributed by atoms with Gasteiger partial charge in [-0.25, -0.2) is 0 Å². The molecular weight excluding hydrogens is 300 g/mol. The normalized spacial score (nSPS) is 20.6. The summed E-state index contributed by atoms with van der Waals surface area (Å²) in [7, 11) is 0. The van der Waals surface area contributed by atoms with Crippen molar-refractivity contribution in [2.24, 2.45) is 0 Å². The highest BCUT2D eigenvalue weighted by atomic mass is 79.9. The minimum Gasteiger partial charge on any atom is -0.337 e. The fourth-order valence-corrected chi connectivity index (χ4v) is 3.55. The average molecular weight is 317 g/mol. The molecule has 2 heterocycles. The molecule has 1 saturated heterocycles. The maximum absolute atomic E-state index is 12.1. The second kappa shape index (κ2) is 5.98. The molecule has 3 nitrogen and oxygen atoms in total. The summed E-state index contributed by atoms with van der Waals surface area (Å²) in [6, 6.07) is 4.45. The summed E-state index contributed by atoms with van der Waals surface area (Å²) in [6.45, 7) is 4.77. The van der Waals surface area contributed by atoms with Gasteiger partial charge in [-0.1, -0.05) is 0 Å². The molecule has 1 N–H and O–H groups in total. The van der Waals surface area contributed by atoms with Crippen LogP contribution in [0.2, 0.25) is 0 Å². The topological polar surface area (TPSA) is 32.3 Å². The number of piperazine rings is 1. The Kier molecular flexibility index (Phi) is 4.59. The predicted octanol–water partition coefficient (Wildman–Crippen LogP) is 2.26. The van der Waals surface area contributed by atoms with E-state index in [1.54, 1.807) is 11.3 Å². The van der Waals surface area contributed by atoms with E-state index in [1.165, 1.54) is 4.88 Å². The van der Waals surface area contributed by atoms with Crippen LogP contribution in [0.4, 0.5) is 0 Å². The van der Waals surface area contributed by atoms with E-state index in [-0.39, 0.29) is 5.91 Å². The highest BCUT2D eigenvalue weighted by Crippen LogP contribution is 2.23. The molecule has 2 rings (SSSR count). The largest absolute Gasteiger partial charge is 0.337 e. The van der Waals surface area contributed by atoms with Crippen molar-refractivity contribution in [1.82, 2.24) is 10.2 Å². The van der Waals surface area contributed by atoms with Crippen molar-refractivity contribution >= 4 is 33.2 Å². The lowest BCUT2D eigenvalue weighted by atomic mass is 10.1. The summed E-state index contributed by atoms with van der Waals surface area (Å²) < 4.78 is 1.13. The number of hydrogen-bond acceptors (Lipinski definition) is 3. The summed E-state index contributed by atoms with van der Waals surface area (Å²) in [6.07, 6.45) is 1.48. The number of hydrogen-bond donors (Lipinski definition) is 1. The third-order valence-electron chi connectivity index (χ3n) is 3.04. The lowest BCUT2D eigenvalue weighted by Crippen LogP contribution is -2.52. The number of thiophene rings is 1. The van der Waals surface area contributed by atoms with Crippen molar-refractivity contribution < 1.29 is 4.79 Å². The minimum absolute atomic E-state index is 0.281. The molecule has 0 bridgehead atoms. The van der Waals surface area contributed by atoms with Crippen LogP contribution < -0.4 is 5.32 Å². The van der Waals surface area contributed by atoms with Crippen LogP contribution in [0, 0.1) is 0 Å². The van der Waals surface area contributed by atoms with Gasteiger partial charge in [0.2, 0.25) is 5.91 Å². The zero-order chi connectivity index (χ0) is 12.3. The zero-order valence-electron chi connectivity index (χ0n) is 9.91. The third kappa shape index (κ3) is 3.53. The molecule has 1 aromatic rings. The van der Waals surface area contributed by atoms with E-state index in [0.29, 0.717) is 12.5 Å². The first-order valence-electron chi connectivity index (χ1n) is 5.91. The van der Waals surface area contributed by atoms with E-state index >= 15 is 0 Å². The molecule has 0 saturated carbocycles. The van der Waals surface area contributed by atoms with E-state index in [2.05, 4.69) is 34.2 Å². The van der Waals surface area contributed by atoms with Gasteiger partial charge in [-0.15, -0.1) is 11.3 Å². The van der Waals surface area contributed by atoms with E-state index < -0.39 is 0 Å². The van der Waals surface area contributed by atoms with Crippen molar-refractivity contribution in [2.75, 3.05) is 19.6 Å². The SMILES string of the molecule is CC1CNCCN1C(=O)CCc1ccc(Br)s1. The summed E-state index contributed by atoms with van der Waals surface area (Å²) in [5, 5.41) is 3.30. The summed E-state index contributed by atoms with van der Waals surface area (Å²) in [5.74, 6) is 0.281. The number of nitrogens with one attached hydrogen (secondary N) is 1. The average Bonchev–Trinajstić information content (AvgIpc) is 2.73. The Morgan fingerprint density at radius 2 is 2.47 bits per heavy atom. The molecule has 1 atom stereocenters. The van der Waals surface area contributed by atoms with Crippen molar-refractivity contribution in [3.05, 3.63) is 20.8 Å². The highest BCUT2D eigenvalue weighted by Gasteiger charge is 2.22. The second-order valence-electron chi connectivity index (χ2n) is 4.35. The molecule has 1 aliphatic rings.